The average Bonchev–Trinajstić information content (AvgIpc) is 2.26. The van der Waals surface area contributed by atoms with E-state index in [1.54, 1.807) is 22.6 Å². The molecule has 0 saturated carbocycles. The first-order valence-corrected chi connectivity index (χ1v) is 7.60. The predicted molar refractivity (Wildman–Crippen MR) is 90.1 cm³/mol. The normalized spacial score (nSPS) is 14.4. The quantitative estimate of drug-likeness (QED) is 0.343. The average molecular weight is 390 g/mol. The highest BCUT2D eigenvalue weighted by atomic mass is 127. The molecule has 0 aliphatic rings. The molecule has 0 aromatic heterocycles. The lowest BCUT2D eigenvalue weighted by Crippen LogP contribution is -2.42. The van der Waals surface area contributed by atoms with Gasteiger partial charge < -0.3 is 0 Å². The van der Waals surface area contributed by atoms with Crippen LogP contribution in [0.4, 0.5) is 5.69 Å². The van der Waals surface area contributed by atoms with Gasteiger partial charge in [0.1, 0.15) is 11.7 Å². The Morgan fingerprint density at radius 3 is 1.90 bits per heavy atom. The molecular formula is C15H23IN2O2+. The Hall–Kier alpha value is -0.500. The van der Waals surface area contributed by atoms with Crippen LogP contribution in [0, 0.1) is 0 Å². The molecule has 0 saturated heterocycles. The van der Waals surface area contributed by atoms with E-state index in [2.05, 4.69) is 21.1 Å². The molecule has 1 rings (SSSR count). The third kappa shape index (κ3) is 4.25. The van der Waals surface area contributed by atoms with Crippen molar-refractivity contribution in [2.75, 3.05) is 21.1 Å². The van der Waals surface area contributed by atoms with Gasteiger partial charge in [-0.15, -0.1) is 10.3 Å². The number of benzene rings is 1. The summed E-state index contributed by atoms with van der Waals surface area (Å²) in [7, 11) is 6.22. The summed E-state index contributed by atoms with van der Waals surface area (Å²) in [5.74, 6) is 0. The van der Waals surface area contributed by atoms with Gasteiger partial charge in [-0.3, -0.25) is 9.28 Å². The second-order valence-corrected chi connectivity index (χ2v) is 7.87. The van der Waals surface area contributed by atoms with Gasteiger partial charge in [-0.1, -0.05) is 12.1 Å². The largest absolute Gasteiger partial charge is 0.298 e. The van der Waals surface area contributed by atoms with E-state index in [4.69, 9.17) is 0 Å². The molecule has 0 fully saturated rings. The topological polar surface area (TPSA) is 40.2 Å². The zero-order chi connectivity index (χ0) is 15.7. The number of hydroxylamine groups is 2. The molecule has 0 N–H and O–H groups in total. The van der Waals surface area contributed by atoms with Gasteiger partial charge in [0.05, 0.1) is 21.1 Å². The lowest BCUT2D eigenvalue weighted by molar-refractivity contribution is -0.235. The van der Waals surface area contributed by atoms with Crippen molar-refractivity contribution in [2.45, 2.75) is 32.4 Å². The minimum absolute atomic E-state index is 0.162. The van der Waals surface area contributed by atoms with Crippen LogP contribution in [-0.4, -0.2) is 35.5 Å². The van der Waals surface area contributed by atoms with E-state index in [9.17, 15) is 10.0 Å². The first-order valence-electron chi connectivity index (χ1n) is 6.52. The third-order valence-corrected chi connectivity index (χ3v) is 3.68. The summed E-state index contributed by atoms with van der Waals surface area (Å²) in [6.45, 7) is 5.44. The van der Waals surface area contributed by atoms with Crippen molar-refractivity contribution in [1.29, 1.82) is 0 Å². The number of halogens is 1. The van der Waals surface area contributed by atoms with Gasteiger partial charge in [-0.05, 0) is 38.5 Å². The van der Waals surface area contributed by atoms with E-state index in [-0.39, 0.29) is 3.79 Å². The van der Waals surface area contributed by atoms with Crippen LogP contribution in [0.25, 0.3) is 0 Å². The first-order chi connectivity index (χ1) is 8.94. The number of carbonyl (C=O) groups is 1. The lowest BCUT2D eigenvalue weighted by Gasteiger charge is -2.32. The van der Waals surface area contributed by atoms with Crippen molar-refractivity contribution in [3.8, 4) is 0 Å². The van der Waals surface area contributed by atoms with Crippen LogP contribution in [0.5, 0.6) is 0 Å². The molecule has 1 aromatic rings. The van der Waals surface area contributed by atoms with E-state index in [1.165, 1.54) is 0 Å². The van der Waals surface area contributed by atoms with E-state index < -0.39 is 11.6 Å². The highest BCUT2D eigenvalue weighted by Crippen LogP contribution is 2.31. The Morgan fingerprint density at radius 2 is 1.60 bits per heavy atom. The Kier molecular flexibility index (Phi) is 5.34. The molecule has 0 heterocycles. The maximum Gasteiger partial charge on any atom is 0.216 e. The van der Waals surface area contributed by atoms with Crippen molar-refractivity contribution in [3.63, 3.8) is 0 Å². The molecule has 5 heteroatoms. The van der Waals surface area contributed by atoms with Gasteiger partial charge in [0, 0.05) is 28.1 Å². The lowest BCUT2D eigenvalue weighted by atomic mass is 10.0. The molecule has 0 bridgehead atoms. The summed E-state index contributed by atoms with van der Waals surface area (Å²) in [5, 5.41) is 13.3. The highest BCUT2D eigenvalue weighted by molar-refractivity contribution is 14.1. The molecule has 0 aliphatic heterocycles. The monoisotopic (exact) mass is 390 g/mol. The molecule has 1 aromatic carbocycles. The zero-order valence-electron chi connectivity index (χ0n) is 13.0. The summed E-state index contributed by atoms with van der Waals surface area (Å²) >= 11 is 1.70. The molecular weight excluding hydrogens is 367 g/mol. The Bertz CT molecular complexity index is 472. The number of hydrogen-bond acceptors (Lipinski definition) is 2. The zero-order valence-corrected chi connectivity index (χ0v) is 15.1. The molecule has 1 radical (unpaired) electrons. The predicted octanol–water partition coefficient (Wildman–Crippen LogP) is 3.33. The fraction of sp³-hybridized carbons (Fsp3) is 0.533. The fourth-order valence-electron chi connectivity index (χ4n) is 1.85. The summed E-state index contributed by atoms with van der Waals surface area (Å²) in [6.07, 6.45) is 0. The second-order valence-electron chi connectivity index (χ2n) is 6.81. The Balaban J connectivity index is 3.15. The van der Waals surface area contributed by atoms with E-state index in [0.717, 1.165) is 16.3 Å². The van der Waals surface area contributed by atoms with Gasteiger partial charge in [-0.25, -0.2) is 0 Å². The number of rotatable bonds is 4. The number of carbonyl (C=O) groups excluding carboxylic acids is 1. The van der Waals surface area contributed by atoms with Crippen molar-refractivity contribution in [2.24, 2.45) is 0 Å². The second kappa shape index (κ2) is 6.09. The maximum absolute atomic E-state index is 12.4. The summed E-state index contributed by atoms with van der Waals surface area (Å²) in [6, 6.07) is 6.93. The van der Waals surface area contributed by atoms with Gasteiger partial charge in [0.25, 0.3) is 0 Å². The van der Waals surface area contributed by atoms with Gasteiger partial charge in [-0.2, -0.15) is 0 Å². The SMILES string of the molecule is CC(C)(C)N([O])C(C(=O)I)c1ccc([N+](C)(C)C)cc1. The van der Waals surface area contributed by atoms with Crippen LogP contribution in [0.15, 0.2) is 24.3 Å². The van der Waals surface area contributed by atoms with Crippen molar-refractivity contribution < 1.29 is 10.0 Å². The van der Waals surface area contributed by atoms with Gasteiger partial charge in [0.2, 0.25) is 3.79 Å². The molecule has 1 unspecified atom stereocenters. The van der Waals surface area contributed by atoms with Crippen molar-refractivity contribution >= 4 is 32.1 Å². The van der Waals surface area contributed by atoms with Crippen LogP contribution in [0.1, 0.15) is 32.4 Å². The van der Waals surface area contributed by atoms with E-state index >= 15 is 0 Å². The maximum atomic E-state index is 12.4. The van der Waals surface area contributed by atoms with E-state index in [1.807, 2.05) is 45.0 Å². The van der Waals surface area contributed by atoms with Gasteiger partial charge >= 0.3 is 0 Å². The third-order valence-electron chi connectivity index (χ3n) is 3.09. The number of nitrogens with zero attached hydrogens (tertiary/aromatic N) is 2. The minimum atomic E-state index is -0.753. The van der Waals surface area contributed by atoms with E-state index in [0.29, 0.717) is 4.48 Å². The highest BCUT2D eigenvalue weighted by Gasteiger charge is 2.34. The smallest absolute Gasteiger partial charge is 0.216 e. The van der Waals surface area contributed by atoms with Crippen LogP contribution in [0.3, 0.4) is 0 Å². The number of quaternary nitrogens is 1. The standard InChI is InChI=1S/C15H23IN2O2/c1-15(2,3)17(20)13(14(16)19)11-7-9-12(10-8-11)18(4,5)6/h7-10,13H,1-6H3/q+1. The van der Waals surface area contributed by atoms with Crippen LogP contribution in [-0.2, 0) is 10.0 Å². The first kappa shape index (κ1) is 17.6. The Morgan fingerprint density at radius 1 is 1.15 bits per heavy atom. The molecule has 1 atom stereocenters. The summed E-state index contributed by atoms with van der Waals surface area (Å²) in [4.78, 5) is 11.9. The molecule has 0 aliphatic carbocycles. The van der Waals surface area contributed by atoms with Crippen molar-refractivity contribution in [3.05, 3.63) is 29.8 Å². The molecule has 0 amide bonds. The molecule has 4 nitrogen and oxygen atoms in total. The number of hydrogen-bond donors (Lipinski definition) is 0. The summed E-state index contributed by atoms with van der Waals surface area (Å²) in [5.41, 5.74) is 1.26. The minimum Gasteiger partial charge on any atom is -0.298 e. The molecule has 20 heavy (non-hydrogen) atoms. The van der Waals surface area contributed by atoms with Crippen LogP contribution < -0.4 is 4.48 Å². The molecule has 111 valence electrons. The van der Waals surface area contributed by atoms with Crippen LogP contribution >= 0.6 is 22.6 Å². The van der Waals surface area contributed by atoms with Gasteiger partial charge in [0.15, 0.2) is 0 Å². The fourth-order valence-corrected chi connectivity index (χ4v) is 2.46. The molecule has 0 spiro atoms. The summed E-state index contributed by atoms with van der Waals surface area (Å²) < 4.78 is 0.536. The van der Waals surface area contributed by atoms with Crippen molar-refractivity contribution in [1.82, 2.24) is 9.55 Å². The Labute approximate surface area is 135 Å². The van der Waals surface area contributed by atoms with Crippen LogP contribution in [0.2, 0.25) is 0 Å².